The van der Waals surface area contributed by atoms with Gasteiger partial charge in [-0.3, -0.25) is 0 Å². The second-order valence-corrected chi connectivity index (χ2v) is 7.04. The molecular formula is C17H27N5O. The van der Waals surface area contributed by atoms with E-state index in [1.165, 1.54) is 12.8 Å². The van der Waals surface area contributed by atoms with Crippen LogP contribution in [-0.4, -0.2) is 59.5 Å². The summed E-state index contributed by atoms with van der Waals surface area (Å²) >= 11 is 0. The average molecular weight is 317 g/mol. The van der Waals surface area contributed by atoms with Gasteiger partial charge in [-0.05, 0) is 25.7 Å². The molecule has 1 aromatic heterocycles. The van der Waals surface area contributed by atoms with Gasteiger partial charge in [0.05, 0.1) is 12.2 Å². The van der Waals surface area contributed by atoms with Gasteiger partial charge in [0.1, 0.15) is 11.6 Å². The second-order valence-electron chi connectivity index (χ2n) is 7.04. The van der Waals surface area contributed by atoms with Gasteiger partial charge in [0.2, 0.25) is 0 Å². The standard InChI is InChI=1S/C17H27N5O/c1-12-5-8-21(9-6-12)16-14-11-22(17(23)20(3)4)10-7-15(14)18-13(2)19-16/h12H,5-11H2,1-4H3. The largest absolute Gasteiger partial charge is 0.356 e. The average Bonchev–Trinajstić information content (AvgIpc) is 2.53. The van der Waals surface area contributed by atoms with Crippen LogP contribution in [-0.2, 0) is 13.0 Å². The molecule has 0 spiro atoms. The fourth-order valence-corrected chi connectivity index (χ4v) is 3.45. The molecule has 126 valence electrons. The highest BCUT2D eigenvalue weighted by atomic mass is 16.2. The van der Waals surface area contributed by atoms with Crippen molar-refractivity contribution in [1.82, 2.24) is 19.8 Å². The number of rotatable bonds is 1. The molecule has 1 aromatic rings. The predicted molar refractivity (Wildman–Crippen MR) is 90.6 cm³/mol. The summed E-state index contributed by atoms with van der Waals surface area (Å²) in [4.78, 5) is 27.6. The van der Waals surface area contributed by atoms with E-state index in [0.717, 1.165) is 54.9 Å². The zero-order valence-corrected chi connectivity index (χ0v) is 14.7. The molecule has 0 radical (unpaired) electrons. The number of anilines is 1. The van der Waals surface area contributed by atoms with Crippen molar-refractivity contribution in [2.24, 2.45) is 5.92 Å². The summed E-state index contributed by atoms with van der Waals surface area (Å²) in [6.07, 6.45) is 3.23. The zero-order chi connectivity index (χ0) is 16.6. The molecule has 2 amide bonds. The van der Waals surface area contributed by atoms with E-state index in [-0.39, 0.29) is 6.03 Å². The van der Waals surface area contributed by atoms with Crippen molar-refractivity contribution in [1.29, 1.82) is 0 Å². The van der Waals surface area contributed by atoms with E-state index < -0.39 is 0 Å². The van der Waals surface area contributed by atoms with Crippen LogP contribution in [0.5, 0.6) is 0 Å². The van der Waals surface area contributed by atoms with Crippen molar-refractivity contribution in [3.63, 3.8) is 0 Å². The molecule has 0 N–H and O–H groups in total. The number of urea groups is 1. The van der Waals surface area contributed by atoms with Crippen LogP contribution in [0.3, 0.4) is 0 Å². The predicted octanol–water partition coefficient (Wildman–Crippen LogP) is 2.06. The Hall–Kier alpha value is -1.85. The number of hydrogen-bond donors (Lipinski definition) is 0. The second kappa shape index (κ2) is 6.34. The summed E-state index contributed by atoms with van der Waals surface area (Å²) in [5, 5.41) is 0. The number of piperidine rings is 1. The van der Waals surface area contributed by atoms with Crippen molar-refractivity contribution < 1.29 is 4.79 Å². The molecule has 2 aliphatic heterocycles. The van der Waals surface area contributed by atoms with Crippen LogP contribution in [0.1, 0.15) is 36.8 Å². The summed E-state index contributed by atoms with van der Waals surface area (Å²) in [6.45, 7) is 7.73. The van der Waals surface area contributed by atoms with E-state index in [2.05, 4.69) is 16.8 Å². The lowest BCUT2D eigenvalue weighted by molar-refractivity contribution is 0.165. The SMILES string of the molecule is Cc1nc2c(c(N3CCC(C)CC3)n1)CN(C(=O)N(C)C)CC2. The molecule has 0 bridgehead atoms. The summed E-state index contributed by atoms with van der Waals surface area (Å²) in [5.41, 5.74) is 2.26. The first-order chi connectivity index (χ1) is 11.0. The fourth-order valence-electron chi connectivity index (χ4n) is 3.45. The topological polar surface area (TPSA) is 52.6 Å². The highest BCUT2D eigenvalue weighted by Crippen LogP contribution is 2.30. The first-order valence-corrected chi connectivity index (χ1v) is 8.53. The molecule has 1 saturated heterocycles. The van der Waals surface area contributed by atoms with E-state index >= 15 is 0 Å². The molecule has 1 fully saturated rings. The lowest BCUT2D eigenvalue weighted by Gasteiger charge is -2.36. The lowest BCUT2D eigenvalue weighted by Crippen LogP contribution is -2.43. The molecule has 6 nitrogen and oxygen atoms in total. The minimum Gasteiger partial charge on any atom is -0.356 e. The summed E-state index contributed by atoms with van der Waals surface area (Å²) in [7, 11) is 3.60. The smallest absolute Gasteiger partial charge is 0.319 e. The van der Waals surface area contributed by atoms with Gasteiger partial charge in [-0.2, -0.15) is 0 Å². The van der Waals surface area contributed by atoms with E-state index in [1.807, 2.05) is 11.8 Å². The zero-order valence-electron chi connectivity index (χ0n) is 14.7. The van der Waals surface area contributed by atoms with Gasteiger partial charge < -0.3 is 14.7 Å². The number of hydrogen-bond acceptors (Lipinski definition) is 4. The van der Waals surface area contributed by atoms with Crippen LogP contribution in [0.2, 0.25) is 0 Å². The van der Waals surface area contributed by atoms with Crippen LogP contribution >= 0.6 is 0 Å². The van der Waals surface area contributed by atoms with Crippen molar-refractivity contribution in [2.45, 2.75) is 39.7 Å². The lowest BCUT2D eigenvalue weighted by atomic mass is 9.98. The Bertz CT molecular complexity index is 593. The summed E-state index contributed by atoms with van der Waals surface area (Å²) in [6, 6.07) is 0.0643. The molecule has 3 rings (SSSR count). The molecule has 6 heteroatoms. The molecule has 2 aliphatic rings. The van der Waals surface area contributed by atoms with Crippen molar-refractivity contribution >= 4 is 11.8 Å². The number of carbonyl (C=O) groups is 1. The monoisotopic (exact) mass is 317 g/mol. The Morgan fingerprint density at radius 1 is 1.17 bits per heavy atom. The molecule has 0 aliphatic carbocycles. The minimum absolute atomic E-state index is 0.0643. The van der Waals surface area contributed by atoms with Crippen LogP contribution in [0.25, 0.3) is 0 Å². The van der Waals surface area contributed by atoms with Crippen molar-refractivity contribution in [3.05, 3.63) is 17.1 Å². The van der Waals surface area contributed by atoms with Gasteiger partial charge in [-0.15, -0.1) is 0 Å². The Labute approximate surface area is 138 Å². The minimum atomic E-state index is 0.0643. The quantitative estimate of drug-likeness (QED) is 0.795. The van der Waals surface area contributed by atoms with Gasteiger partial charge >= 0.3 is 6.03 Å². The van der Waals surface area contributed by atoms with Gasteiger partial charge in [-0.25, -0.2) is 14.8 Å². The van der Waals surface area contributed by atoms with Gasteiger partial charge in [0.25, 0.3) is 0 Å². The molecule has 23 heavy (non-hydrogen) atoms. The van der Waals surface area contributed by atoms with E-state index in [1.54, 1.807) is 19.0 Å². The Morgan fingerprint density at radius 3 is 2.52 bits per heavy atom. The molecule has 0 aromatic carbocycles. The van der Waals surface area contributed by atoms with Crippen LogP contribution in [0.4, 0.5) is 10.6 Å². The van der Waals surface area contributed by atoms with E-state index in [9.17, 15) is 4.79 Å². The van der Waals surface area contributed by atoms with Crippen molar-refractivity contribution in [2.75, 3.05) is 38.6 Å². The number of amides is 2. The first kappa shape index (κ1) is 16.0. The highest BCUT2D eigenvalue weighted by molar-refractivity contribution is 5.74. The number of fused-ring (bicyclic) bond motifs is 1. The number of aromatic nitrogens is 2. The third-order valence-electron chi connectivity index (χ3n) is 4.89. The number of aryl methyl sites for hydroxylation is 1. The summed E-state index contributed by atoms with van der Waals surface area (Å²) in [5.74, 6) is 2.68. The fraction of sp³-hybridized carbons (Fsp3) is 0.706. The third kappa shape index (κ3) is 3.26. The molecule has 0 unspecified atom stereocenters. The van der Waals surface area contributed by atoms with Crippen LogP contribution < -0.4 is 4.90 Å². The Morgan fingerprint density at radius 2 is 1.87 bits per heavy atom. The summed E-state index contributed by atoms with van der Waals surface area (Å²) < 4.78 is 0. The van der Waals surface area contributed by atoms with Crippen LogP contribution in [0.15, 0.2) is 0 Å². The maximum atomic E-state index is 12.3. The van der Waals surface area contributed by atoms with E-state index in [4.69, 9.17) is 4.98 Å². The van der Waals surface area contributed by atoms with Crippen molar-refractivity contribution in [3.8, 4) is 0 Å². The Balaban J connectivity index is 1.90. The molecule has 3 heterocycles. The van der Waals surface area contributed by atoms with Gasteiger partial charge in [0.15, 0.2) is 0 Å². The maximum absolute atomic E-state index is 12.3. The van der Waals surface area contributed by atoms with Crippen LogP contribution in [0, 0.1) is 12.8 Å². The number of carbonyl (C=O) groups excluding carboxylic acids is 1. The Kier molecular flexibility index (Phi) is 4.41. The third-order valence-corrected chi connectivity index (χ3v) is 4.89. The molecule has 0 saturated carbocycles. The number of nitrogens with zero attached hydrogens (tertiary/aromatic N) is 5. The highest BCUT2D eigenvalue weighted by Gasteiger charge is 2.28. The molecular weight excluding hydrogens is 290 g/mol. The van der Waals surface area contributed by atoms with E-state index in [0.29, 0.717) is 6.54 Å². The van der Waals surface area contributed by atoms with Gasteiger partial charge in [-0.1, -0.05) is 6.92 Å². The van der Waals surface area contributed by atoms with Gasteiger partial charge in [0, 0.05) is 45.7 Å². The normalized spacial score (nSPS) is 18.8. The maximum Gasteiger partial charge on any atom is 0.319 e. The molecule has 0 atom stereocenters. The first-order valence-electron chi connectivity index (χ1n) is 8.53.